The zero-order chi connectivity index (χ0) is 13.0. The van der Waals surface area contributed by atoms with Gasteiger partial charge in [-0.1, -0.05) is 12.1 Å². The van der Waals surface area contributed by atoms with Gasteiger partial charge in [0, 0.05) is 11.8 Å². The molecule has 0 aliphatic rings. The first-order valence-electron chi connectivity index (χ1n) is 5.68. The number of aromatic nitrogens is 1. The maximum atomic E-state index is 9.05. The third-order valence-corrected chi connectivity index (χ3v) is 2.67. The van der Waals surface area contributed by atoms with Gasteiger partial charge in [-0.3, -0.25) is 0 Å². The van der Waals surface area contributed by atoms with Gasteiger partial charge < -0.3 is 14.9 Å². The van der Waals surface area contributed by atoms with E-state index in [1.54, 1.807) is 36.4 Å². The molecule has 1 aromatic heterocycles. The average Bonchev–Trinajstić information content (AvgIpc) is 2.40. The van der Waals surface area contributed by atoms with Crippen LogP contribution in [0.15, 0.2) is 36.4 Å². The van der Waals surface area contributed by atoms with Crippen molar-refractivity contribution < 1.29 is 14.9 Å². The number of aryl methyl sites for hydroxylation is 1. The Labute approximate surface area is 106 Å². The minimum atomic E-state index is -0.0235. The van der Waals surface area contributed by atoms with Gasteiger partial charge in [-0.2, -0.15) is 0 Å². The van der Waals surface area contributed by atoms with Gasteiger partial charge in [0.15, 0.2) is 0 Å². The van der Waals surface area contributed by atoms with Crippen LogP contribution in [0.25, 0.3) is 0 Å². The van der Waals surface area contributed by atoms with Gasteiger partial charge in [-0.05, 0) is 36.2 Å². The minimum absolute atomic E-state index is 0.0167. The van der Waals surface area contributed by atoms with E-state index < -0.39 is 0 Å². The number of benzene rings is 1. The third kappa shape index (κ3) is 2.85. The van der Waals surface area contributed by atoms with Crippen LogP contribution in [-0.2, 0) is 13.2 Å². The number of hydrogen-bond acceptors (Lipinski definition) is 4. The molecule has 0 spiro atoms. The maximum absolute atomic E-state index is 9.05. The average molecular weight is 245 g/mol. The highest BCUT2D eigenvalue weighted by Gasteiger charge is 2.03. The van der Waals surface area contributed by atoms with Crippen molar-refractivity contribution >= 4 is 0 Å². The molecular weight excluding hydrogens is 230 g/mol. The van der Waals surface area contributed by atoms with E-state index >= 15 is 0 Å². The van der Waals surface area contributed by atoms with Crippen LogP contribution in [-0.4, -0.2) is 15.2 Å². The van der Waals surface area contributed by atoms with Crippen LogP contribution in [0.1, 0.15) is 16.8 Å². The maximum Gasteiger partial charge on any atom is 0.219 e. The Bertz CT molecular complexity index is 523. The van der Waals surface area contributed by atoms with E-state index in [9.17, 15) is 0 Å². The first-order valence-corrected chi connectivity index (χ1v) is 5.68. The first-order chi connectivity index (χ1) is 8.72. The van der Waals surface area contributed by atoms with Crippen LogP contribution >= 0.6 is 0 Å². The Balaban J connectivity index is 2.15. The van der Waals surface area contributed by atoms with Gasteiger partial charge in [0.1, 0.15) is 5.75 Å². The summed E-state index contributed by atoms with van der Waals surface area (Å²) in [6, 6.07) is 10.7. The second kappa shape index (κ2) is 5.62. The minimum Gasteiger partial charge on any atom is -0.439 e. The number of pyridine rings is 1. The van der Waals surface area contributed by atoms with Crippen molar-refractivity contribution in [1.29, 1.82) is 0 Å². The quantitative estimate of drug-likeness (QED) is 0.866. The van der Waals surface area contributed by atoms with Crippen LogP contribution in [0.3, 0.4) is 0 Å². The fourth-order valence-electron chi connectivity index (χ4n) is 1.57. The van der Waals surface area contributed by atoms with E-state index in [1.807, 2.05) is 6.92 Å². The summed E-state index contributed by atoms with van der Waals surface area (Å²) in [4.78, 5) is 4.25. The number of rotatable bonds is 4. The Hall–Kier alpha value is -1.91. The number of hydrogen-bond donors (Lipinski definition) is 2. The smallest absolute Gasteiger partial charge is 0.219 e. The van der Waals surface area contributed by atoms with Gasteiger partial charge in [0.05, 0.1) is 13.2 Å². The molecule has 1 aromatic carbocycles. The summed E-state index contributed by atoms with van der Waals surface area (Å²) in [5.74, 6) is 1.15. The van der Waals surface area contributed by atoms with Crippen LogP contribution < -0.4 is 4.74 Å². The summed E-state index contributed by atoms with van der Waals surface area (Å²) in [5, 5.41) is 18.0. The topological polar surface area (TPSA) is 62.6 Å². The standard InChI is InChI=1S/C14H15NO3/c1-10-12(9-17)4-7-14(15-10)18-13-5-2-11(8-16)3-6-13/h2-7,16-17H,8-9H2,1H3. The lowest BCUT2D eigenvalue weighted by atomic mass is 10.2. The fraction of sp³-hybridized carbons (Fsp3) is 0.214. The molecule has 0 atom stereocenters. The Kier molecular flexibility index (Phi) is 3.92. The van der Waals surface area contributed by atoms with Crippen molar-refractivity contribution in [2.24, 2.45) is 0 Å². The number of aliphatic hydroxyl groups excluding tert-OH is 2. The highest BCUT2D eigenvalue weighted by atomic mass is 16.5. The van der Waals surface area contributed by atoms with Crippen molar-refractivity contribution in [2.45, 2.75) is 20.1 Å². The van der Waals surface area contributed by atoms with Crippen LogP contribution in [0.4, 0.5) is 0 Å². The molecule has 0 fully saturated rings. The summed E-state index contributed by atoms with van der Waals surface area (Å²) in [5.41, 5.74) is 2.38. The van der Waals surface area contributed by atoms with E-state index in [1.165, 1.54) is 0 Å². The predicted molar refractivity (Wildman–Crippen MR) is 67.3 cm³/mol. The van der Waals surface area contributed by atoms with Crippen molar-refractivity contribution in [3.63, 3.8) is 0 Å². The highest BCUT2D eigenvalue weighted by Crippen LogP contribution is 2.21. The van der Waals surface area contributed by atoms with E-state index in [-0.39, 0.29) is 13.2 Å². The summed E-state index contributed by atoms with van der Waals surface area (Å²) >= 11 is 0. The largest absolute Gasteiger partial charge is 0.439 e. The molecule has 4 heteroatoms. The fourth-order valence-corrected chi connectivity index (χ4v) is 1.57. The van der Waals surface area contributed by atoms with Gasteiger partial charge >= 0.3 is 0 Å². The monoisotopic (exact) mass is 245 g/mol. The lowest BCUT2D eigenvalue weighted by molar-refractivity contribution is 0.280. The molecule has 0 radical (unpaired) electrons. The van der Waals surface area contributed by atoms with Gasteiger partial charge in [-0.15, -0.1) is 0 Å². The number of ether oxygens (including phenoxy) is 1. The Morgan fingerprint density at radius 3 is 2.28 bits per heavy atom. The van der Waals surface area contributed by atoms with E-state index in [2.05, 4.69) is 4.98 Å². The van der Waals surface area contributed by atoms with Crippen LogP contribution in [0.2, 0.25) is 0 Å². The zero-order valence-corrected chi connectivity index (χ0v) is 10.1. The molecule has 4 nitrogen and oxygen atoms in total. The molecule has 0 saturated heterocycles. The van der Waals surface area contributed by atoms with Crippen molar-refractivity contribution in [3.8, 4) is 11.6 Å². The first kappa shape index (κ1) is 12.5. The molecule has 1 heterocycles. The highest BCUT2D eigenvalue weighted by molar-refractivity contribution is 5.32. The molecule has 0 bridgehead atoms. The van der Waals surface area contributed by atoms with Gasteiger partial charge in [-0.25, -0.2) is 4.98 Å². The molecule has 94 valence electrons. The molecule has 0 saturated carbocycles. The van der Waals surface area contributed by atoms with Crippen molar-refractivity contribution in [2.75, 3.05) is 0 Å². The molecule has 2 aromatic rings. The Morgan fingerprint density at radius 2 is 1.72 bits per heavy atom. The van der Waals surface area contributed by atoms with Gasteiger partial charge in [0.25, 0.3) is 0 Å². The third-order valence-electron chi connectivity index (χ3n) is 2.67. The molecule has 0 amide bonds. The van der Waals surface area contributed by atoms with E-state index in [4.69, 9.17) is 14.9 Å². The normalized spacial score (nSPS) is 10.4. The molecule has 2 N–H and O–H groups in total. The summed E-state index contributed by atoms with van der Waals surface area (Å²) < 4.78 is 5.58. The Morgan fingerprint density at radius 1 is 1.00 bits per heavy atom. The SMILES string of the molecule is Cc1nc(Oc2ccc(CO)cc2)ccc1CO. The second-order valence-corrected chi connectivity index (χ2v) is 3.96. The van der Waals surface area contributed by atoms with Crippen LogP contribution in [0.5, 0.6) is 11.6 Å². The van der Waals surface area contributed by atoms with Gasteiger partial charge in [0.2, 0.25) is 5.88 Å². The lowest BCUT2D eigenvalue weighted by Gasteiger charge is -2.07. The summed E-state index contributed by atoms with van der Waals surface area (Å²) in [6.45, 7) is 1.82. The number of aliphatic hydroxyl groups is 2. The predicted octanol–water partition coefficient (Wildman–Crippen LogP) is 2.17. The lowest BCUT2D eigenvalue weighted by Crippen LogP contribution is -1.95. The van der Waals surface area contributed by atoms with Crippen molar-refractivity contribution in [1.82, 2.24) is 4.98 Å². The molecule has 0 unspecified atom stereocenters. The zero-order valence-electron chi connectivity index (χ0n) is 10.1. The molecule has 0 aliphatic heterocycles. The van der Waals surface area contributed by atoms with Crippen LogP contribution in [0, 0.1) is 6.92 Å². The van der Waals surface area contributed by atoms with E-state index in [0.717, 1.165) is 16.8 Å². The molecule has 0 aliphatic carbocycles. The second-order valence-electron chi connectivity index (χ2n) is 3.96. The summed E-state index contributed by atoms with van der Waals surface area (Å²) in [6.07, 6.45) is 0. The van der Waals surface area contributed by atoms with E-state index in [0.29, 0.717) is 11.6 Å². The molecular formula is C14H15NO3. The van der Waals surface area contributed by atoms with Crippen molar-refractivity contribution in [3.05, 3.63) is 53.2 Å². The summed E-state index contributed by atoms with van der Waals surface area (Å²) in [7, 11) is 0. The molecule has 18 heavy (non-hydrogen) atoms. The molecule has 2 rings (SSSR count). The number of nitrogens with zero attached hydrogens (tertiary/aromatic N) is 1.